The van der Waals surface area contributed by atoms with Crippen molar-refractivity contribution < 1.29 is 8.78 Å². The average Bonchev–Trinajstić information content (AvgIpc) is 2.71. The van der Waals surface area contributed by atoms with Gasteiger partial charge in [-0.3, -0.25) is 0 Å². The van der Waals surface area contributed by atoms with E-state index in [9.17, 15) is 8.78 Å². The molecule has 0 saturated heterocycles. The number of fused-ring (bicyclic) bond motifs is 1. The summed E-state index contributed by atoms with van der Waals surface area (Å²) in [4.78, 5) is 7.93. The van der Waals surface area contributed by atoms with Crippen LogP contribution in [-0.2, 0) is 12.8 Å². The molecule has 1 atom stereocenters. The molecular formula is C13H19F2N3. The molecule has 3 rings (SSSR count). The Kier molecular flexibility index (Phi) is 2.88. The van der Waals surface area contributed by atoms with Crippen molar-refractivity contribution in [2.45, 2.75) is 62.8 Å². The second-order valence-corrected chi connectivity index (χ2v) is 5.68. The predicted octanol–water partition coefficient (Wildman–Crippen LogP) is 2.52. The highest BCUT2D eigenvalue weighted by molar-refractivity contribution is 5.21. The van der Waals surface area contributed by atoms with Crippen LogP contribution in [-0.4, -0.2) is 21.9 Å². The molecule has 2 aliphatic carbocycles. The van der Waals surface area contributed by atoms with Crippen molar-refractivity contribution in [2.24, 2.45) is 5.73 Å². The molecular weight excluding hydrogens is 236 g/mol. The van der Waals surface area contributed by atoms with E-state index in [1.165, 1.54) is 0 Å². The van der Waals surface area contributed by atoms with Gasteiger partial charge in [0.15, 0.2) is 0 Å². The summed E-state index contributed by atoms with van der Waals surface area (Å²) >= 11 is 0. The van der Waals surface area contributed by atoms with Crippen LogP contribution in [0.5, 0.6) is 0 Å². The zero-order valence-corrected chi connectivity index (χ0v) is 10.4. The second kappa shape index (κ2) is 4.30. The molecule has 1 aromatic heterocycles. The molecule has 3 nitrogen and oxygen atoms in total. The summed E-state index contributed by atoms with van der Waals surface area (Å²) in [6.45, 7) is 0. The topological polar surface area (TPSA) is 54.7 Å². The van der Waals surface area contributed by atoms with Crippen LogP contribution in [0.1, 0.15) is 55.2 Å². The molecule has 1 fully saturated rings. The minimum atomic E-state index is -2.47. The number of hydrogen-bond donors (Lipinski definition) is 2. The summed E-state index contributed by atoms with van der Waals surface area (Å²) in [5.74, 6) is -1.39. The maximum Gasteiger partial charge on any atom is 0.248 e. The first-order valence-corrected chi connectivity index (χ1v) is 6.74. The molecule has 3 N–H and O–H groups in total. The van der Waals surface area contributed by atoms with Crippen molar-refractivity contribution in [3.05, 3.63) is 17.2 Å². The van der Waals surface area contributed by atoms with Crippen molar-refractivity contribution in [2.75, 3.05) is 0 Å². The molecule has 0 aliphatic heterocycles. The minimum Gasteiger partial charge on any atom is -0.345 e. The first kappa shape index (κ1) is 12.1. The molecule has 5 heteroatoms. The van der Waals surface area contributed by atoms with Gasteiger partial charge in [0.05, 0.1) is 5.69 Å². The number of aromatic nitrogens is 2. The molecule has 1 saturated carbocycles. The SMILES string of the molecule is NC1CCc2nc(C3CCC(F)(F)CC3)[nH]c2C1. The summed E-state index contributed by atoms with van der Waals surface area (Å²) in [6.07, 6.45) is 3.77. The van der Waals surface area contributed by atoms with E-state index in [2.05, 4.69) is 9.97 Å². The van der Waals surface area contributed by atoms with Crippen molar-refractivity contribution >= 4 is 0 Å². The lowest BCUT2D eigenvalue weighted by atomic mass is 9.86. The monoisotopic (exact) mass is 255 g/mol. The van der Waals surface area contributed by atoms with Gasteiger partial charge in [0.2, 0.25) is 5.92 Å². The summed E-state index contributed by atoms with van der Waals surface area (Å²) in [5, 5.41) is 0. The van der Waals surface area contributed by atoms with Crippen molar-refractivity contribution in [3.8, 4) is 0 Å². The molecule has 0 spiro atoms. The third-order valence-corrected chi connectivity index (χ3v) is 4.20. The Balaban J connectivity index is 1.74. The maximum atomic E-state index is 13.1. The van der Waals surface area contributed by atoms with Crippen molar-refractivity contribution in [1.82, 2.24) is 9.97 Å². The number of halogens is 2. The van der Waals surface area contributed by atoms with Gasteiger partial charge in [0.1, 0.15) is 5.82 Å². The van der Waals surface area contributed by atoms with Crippen LogP contribution in [0.3, 0.4) is 0 Å². The predicted molar refractivity (Wildman–Crippen MR) is 64.7 cm³/mol. The average molecular weight is 255 g/mol. The fourth-order valence-corrected chi connectivity index (χ4v) is 3.04. The quantitative estimate of drug-likeness (QED) is 0.810. The Hall–Kier alpha value is -0.970. The van der Waals surface area contributed by atoms with Gasteiger partial charge in [-0.25, -0.2) is 13.8 Å². The van der Waals surface area contributed by atoms with E-state index in [0.29, 0.717) is 12.8 Å². The Morgan fingerprint density at radius 3 is 2.67 bits per heavy atom. The molecule has 0 radical (unpaired) electrons. The molecule has 18 heavy (non-hydrogen) atoms. The van der Waals surface area contributed by atoms with E-state index in [4.69, 9.17) is 5.73 Å². The summed E-state index contributed by atoms with van der Waals surface area (Å²) in [7, 11) is 0. The van der Waals surface area contributed by atoms with Crippen LogP contribution in [0, 0.1) is 0 Å². The number of H-pyrrole nitrogens is 1. The van der Waals surface area contributed by atoms with Crippen LogP contribution in [0.2, 0.25) is 0 Å². The van der Waals surface area contributed by atoms with Crippen LogP contribution in [0.25, 0.3) is 0 Å². The molecule has 2 aliphatic rings. The first-order valence-electron chi connectivity index (χ1n) is 6.74. The number of aromatic amines is 1. The summed E-state index contributed by atoms with van der Waals surface area (Å²) in [6, 6.07) is 0.210. The van der Waals surface area contributed by atoms with Gasteiger partial charge in [0.25, 0.3) is 0 Å². The fourth-order valence-electron chi connectivity index (χ4n) is 3.04. The van der Waals surface area contributed by atoms with Crippen LogP contribution in [0.4, 0.5) is 8.78 Å². The standard InChI is InChI=1S/C13H19F2N3/c14-13(15)5-3-8(4-6-13)12-17-10-2-1-9(16)7-11(10)18-12/h8-9H,1-7,16H2,(H,17,18). The number of nitrogens with two attached hydrogens (primary N) is 1. The van der Waals surface area contributed by atoms with Gasteiger partial charge in [-0.15, -0.1) is 0 Å². The Morgan fingerprint density at radius 2 is 1.94 bits per heavy atom. The number of aryl methyl sites for hydroxylation is 1. The lowest BCUT2D eigenvalue weighted by molar-refractivity contribution is -0.0387. The van der Waals surface area contributed by atoms with Gasteiger partial charge in [0, 0.05) is 36.9 Å². The molecule has 1 unspecified atom stereocenters. The van der Waals surface area contributed by atoms with E-state index in [0.717, 1.165) is 36.5 Å². The number of rotatable bonds is 1. The van der Waals surface area contributed by atoms with Crippen LogP contribution >= 0.6 is 0 Å². The highest BCUT2D eigenvalue weighted by atomic mass is 19.3. The Labute approximate surface area is 105 Å². The van der Waals surface area contributed by atoms with Gasteiger partial charge in [-0.1, -0.05) is 0 Å². The highest BCUT2D eigenvalue weighted by Crippen LogP contribution is 2.40. The number of nitrogens with one attached hydrogen (secondary N) is 1. The Bertz CT molecular complexity index is 431. The van der Waals surface area contributed by atoms with E-state index in [-0.39, 0.29) is 24.8 Å². The van der Waals surface area contributed by atoms with E-state index in [1.54, 1.807) is 0 Å². The minimum absolute atomic E-state index is 0.0114. The lowest BCUT2D eigenvalue weighted by Crippen LogP contribution is -2.27. The maximum absolute atomic E-state index is 13.1. The molecule has 1 heterocycles. The van der Waals surface area contributed by atoms with E-state index < -0.39 is 5.92 Å². The van der Waals surface area contributed by atoms with Gasteiger partial charge in [-0.05, 0) is 25.7 Å². The number of nitrogens with zero attached hydrogens (tertiary/aromatic N) is 1. The fraction of sp³-hybridized carbons (Fsp3) is 0.769. The normalized spacial score (nSPS) is 28.1. The highest BCUT2D eigenvalue weighted by Gasteiger charge is 2.36. The first-order chi connectivity index (χ1) is 8.53. The van der Waals surface area contributed by atoms with Crippen LogP contribution < -0.4 is 5.73 Å². The Morgan fingerprint density at radius 1 is 1.22 bits per heavy atom. The van der Waals surface area contributed by atoms with Gasteiger partial charge in [-0.2, -0.15) is 0 Å². The summed E-state index contributed by atoms with van der Waals surface area (Å²) in [5.41, 5.74) is 8.15. The second-order valence-electron chi connectivity index (χ2n) is 5.68. The van der Waals surface area contributed by atoms with E-state index >= 15 is 0 Å². The van der Waals surface area contributed by atoms with Crippen molar-refractivity contribution in [3.63, 3.8) is 0 Å². The van der Waals surface area contributed by atoms with E-state index in [1.807, 2.05) is 0 Å². The molecule has 0 aromatic carbocycles. The summed E-state index contributed by atoms with van der Waals surface area (Å²) < 4.78 is 26.2. The number of hydrogen-bond acceptors (Lipinski definition) is 2. The zero-order valence-electron chi connectivity index (χ0n) is 10.4. The molecule has 0 amide bonds. The largest absolute Gasteiger partial charge is 0.345 e. The zero-order chi connectivity index (χ0) is 12.8. The van der Waals surface area contributed by atoms with Crippen molar-refractivity contribution in [1.29, 1.82) is 0 Å². The molecule has 1 aromatic rings. The number of alkyl halides is 2. The number of imidazole rings is 1. The third-order valence-electron chi connectivity index (χ3n) is 4.20. The smallest absolute Gasteiger partial charge is 0.248 e. The molecule has 100 valence electrons. The third kappa shape index (κ3) is 2.28. The molecule has 0 bridgehead atoms. The van der Waals surface area contributed by atoms with Gasteiger partial charge >= 0.3 is 0 Å². The van der Waals surface area contributed by atoms with Crippen LogP contribution in [0.15, 0.2) is 0 Å². The van der Waals surface area contributed by atoms with Gasteiger partial charge < -0.3 is 10.7 Å². The lowest BCUT2D eigenvalue weighted by Gasteiger charge is -2.26.